The molecule has 0 bridgehead atoms. The Hall–Kier alpha value is 0.0500. The highest BCUT2D eigenvalue weighted by Crippen LogP contribution is 2.27. The first kappa shape index (κ1) is 12.1. The molecule has 0 unspecified atom stereocenters. The Kier molecular flexibility index (Phi) is 4.08. The summed E-state index contributed by atoms with van der Waals surface area (Å²) in [5.74, 6) is 0. The van der Waals surface area contributed by atoms with Gasteiger partial charge in [0.15, 0.2) is 0 Å². The number of hydrogen-bond donors (Lipinski definition) is 1. The zero-order valence-corrected chi connectivity index (χ0v) is 10.8. The van der Waals surface area contributed by atoms with Gasteiger partial charge in [0, 0.05) is 20.1 Å². The molecule has 0 aliphatic heterocycles. The van der Waals surface area contributed by atoms with Crippen LogP contribution in [0.1, 0.15) is 0 Å². The van der Waals surface area contributed by atoms with Crippen LogP contribution in [0.3, 0.4) is 0 Å². The topological polar surface area (TPSA) is 63.4 Å². The lowest BCUT2D eigenvalue weighted by molar-refractivity contribution is 0.478. The van der Waals surface area contributed by atoms with Crippen LogP contribution in [0.5, 0.6) is 0 Å². The molecular formula is C7H11BrN2O2S2. The largest absolute Gasteiger partial charge is 0.329 e. The Morgan fingerprint density at radius 2 is 2.21 bits per heavy atom. The van der Waals surface area contributed by atoms with Gasteiger partial charge in [0.2, 0.25) is 0 Å². The molecule has 4 nitrogen and oxygen atoms in total. The van der Waals surface area contributed by atoms with E-state index in [4.69, 9.17) is 5.73 Å². The monoisotopic (exact) mass is 298 g/mol. The summed E-state index contributed by atoms with van der Waals surface area (Å²) < 4.78 is 26.0. The summed E-state index contributed by atoms with van der Waals surface area (Å²) in [5.41, 5.74) is 5.30. The molecule has 0 spiro atoms. The first-order valence-electron chi connectivity index (χ1n) is 3.90. The normalized spacial score (nSPS) is 12.3. The maximum absolute atomic E-state index is 11.8. The van der Waals surface area contributed by atoms with Crippen LogP contribution in [-0.2, 0) is 10.0 Å². The highest BCUT2D eigenvalue weighted by atomic mass is 79.9. The van der Waals surface area contributed by atoms with E-state index in [1.165, 1.54) is 22.7 Å². The van der Waals surface area contributed by atoms with Gasteiger partial charge < -0.3 is 5.73 Å². The molecule has 0 atom stereocenters. The molecule has 0 saturated carbocycles. The summed E-state index contributed by atoms with van der Waals surface area (Å²) in [7, 11) is -1.81. The van der Waals surface area contributed by atoms with E-state index in [0.717, 1.165) is 3.79 Å². The van der Waals surface area contributed by atoms with Crippen LogP contribution in [0.15, 0.2) is 20.1 Å². The number of sulfonamides is 1. The van der Waals surface area contributed by atoms with Crippen LogP contribution >= 0.6 is 27.3 Å². The van der Waals surface area contributed by atoms with Crippen LogP contribution in [0.4, 0.5) is 0 Å². The fourth-order valence-corrected chi connectivity index (χ4v) is 4.30. The minimum atomic E-state index is -3.34. The van der Waals surface area contributed by atoms with E-state index in [-0.39, 0.29) is 0 Å². The summed E-state index contributed by atoms with van der Waals surface area (Å²) in [6.07, 6.45) is 0. The fourth-order valence-electron chi connectivity index (χ4n) is 0.892. The minimum Gasteiger partial charge on any atom is -0.329 e. The molecule has 80 valence electrons. The Morgan fingerprint density at radius 3 is 2.64 bits per heavy atom. The van der Waals surface area contributed by atoms with Gasteiger partial charge in [-0.2, -0.15) is 4.31 Å². The number of nitrogens with two attached hydrogens (primary N) is 1. The van der Waals surface area contributed by atoms with Crippen molar-refractivity contribution in [3.05, 3.63) is 15.9 Å². The molecule has 0 fully saturated rings. The summed E-state index contributed by atoms with van der Waals surface area (Å²) in [6.45, 7) is 0.653. The van der Waals surface area contributed by atoms with Gasteiger partial charge in [0.1, 0.15) is 4.21 Å². The molecule has 1 aromatic heterocycles. The predicted octanol–water partition coefficient (Wildman–Crippen LogP) is 1.09. The Labute approximate surface area is 95.9 Å². The third-order valence-electron chi connectivity index (χ3n) is 1.66. The van der Waals surface area contributed by atoms with Crippen molar-refractivity contribution >= 4 is 37.3 Å². The second-order valence-corrected chi connectivity index (χ2v) is 7.41. The van der Waals surface area contributed by atoms with E-state index >= 15 is 0 Å². The van der Waals surface area contributed by atoms with Crippen LogP contribution in [0.2, 0.25) is 0 Å². The minimum absolute atomic E-state index is 0.322. The molecule has 0 aliphatic carbocycles. The molecule has 2 N–H and O–H groups in total. The summed E-state index contributed by atoms with van der Waals surface area (Å²) in [6, 6.07) is 3.30. The lowest BCUT2D eigenvalue weighted by Gasteiger charge is -2.14. The maximum atomic E-state index is 11.8. The fraction of sp³-hybridized carbons (Fsp3) is 0.429. The number of halogens is 1. The average Bonchev–Trinajstić information content (AvgIpc) is 2.52. The van der Waals surface area contributed by atoms with Crippen molar-refractivity contribution in [3.8, 4) is 0 Å². The van der Waals surface area contributed by atoms with Crippen molar-refractivity contribution in [1.82, 2.24) is 4.31 Å². The third kappa shape index (κ3) is 2.54. The molecule has 1 heterocycles. The number of likely N-dealkylation sites (N-methyl/N-ethyl adjacent to an activating group) is 1. The standard InChI is InChI=1S/C7H11BrN2O2S2/c1-10(5-4-9)14(11,12)7-3-2-6(8)13-7/h2-3H,4-5,9H2,1H3. The van der Waals surface area contributed by atoms with Gasteiger partial charge in [0.25, 0.3) is 10.0 Å². The van der Waals surface area contributed by atoms with Crippen LogP contribution in [-0.4, -0.2) is 32.9 Å². The SMILES string of the molecule is CN(CCN)S(=O)(=O)c1ccc(Br)s1. The summed E-state index contributed by atoms with van der Waals surface area (Å²) >= 11 is 4.42. The van der Waals surface area contributed by atoms with Crippen molar-refractivity contribution in [2.75, 3.05) is 20.1 Å². The first-order valence-corrected chi connectivity index (χ1v) is 6.95. The van der Waals surface area contributed by atoms with Gasteiger partial charge in [-0.1, -0.05) is 0 Å². The second kappa shape index (κ2) is 4.71. The second-order valence-electron chi connectivity index (χ2n) is 2.67. The highest BCUT2D eigenvalue weighted by Gasteiger charge is 2.21. The third-order valence-corrected chi connectivity index (χ3v) is 5.61. The van der Waals surface area contributed by atoms with E-state index in [0.29, 0.717) is 17.3 Å². The summed E-state index contributed by atoms with van der Waals surface area (Å²) in [5, 5.41) is 0. The van der Waals surface area contributed by atoms with Crippen molar-refractivity contribution in [1.29, 1.82) is 0 Å². The highest BCUT2D eigenvalue weighted by molar-refractivity contribution is 9.11. The predicted molar refractivity (Wildman–Crippen MR) is 60.9 cm³/mol. The van der Waals surface area contributed by atoms with Crippen LogP contribution in [0.25, 0.3) is 0 Å². The number of hydrogen-bond acceptors (Lipinski definition) is 4. The van der Waals surface area contributed by atoms with Crippen LogP contribution in [0, 0.1) is 0 Å². The molecule has 7 heteroatoms. The molecular weight excluding hydrogens is 288 g/mol. The van der Waals surface area contributed by atoms with Crippen molar-refractivity contribution in [3.63, 3.8) is 0 Å². The van der Waals surface area contributed by atoms with Crippen molar-refractivity contribution < 1.29 is 8.42 Å². The Bertz CT molecular complexity index is 402. The van der Waals surface area contributed by atoms with Crippen molar-refractivity contribution in [2.24, 2.45) is 5.73 Å². The lowest BCUT2D eigenvalue weighted by atomic mass is 10.7. The average molecular weight is 299 g/mol. The van der Waals surface area contributed by atoms with Crippen molar-refractivity contribution in [2.45, 2.75) is 4.21 Å². The Morgan fingerprint density at radius 1 is 1.57 bits per heavy atom. The molecule has 1 aromatic rings. The lowest BCUT2D eigenvalue weighted by Crippen LogP contribution is -2.31. The van der Waals surface area contributed by atoms with Gasteiger partial charge >= 0.3 is 0 Å². The Balaban J connectivity index is 2.96. The zero-order valence-electron chi connectivity index (χ0n) is 7.60. The van der Waals surface area contributed by atoms with E-state index in [9.17, 15) is 8.42 Å². The van der Waals surface area contributed by atoms with Gasteiger partial charge in [0.05, 0.1) is 3.79 Å². The number of thiophene rings is 1. The first-order chi connectivity index (χ1) is 6.48. The molecule has 14 heavy (non-hydrogen) atoms. The molecule has 0 aromatic carbocycles. The van der Waals surface area contributed by atoms with Gasteiger partial charge in [-0.05, 0) is 28.1 Å². The van der Waals surface area contributed by atoms with Gasteiger partial charge in [-0.15, -0.1) is 11.3 Å². The zero-order chi connectivity index (χ0) is 10.8. The number of nitrogens with zero attached hydrogens (tertiary/aromatic N) is 1. The van der Waals surface area contributed by atoms with E-state index in [1.807, 2.05) is 0 Å². The van der Waals surface area contributed by atoms with Crippen LogP contribution < -0.4 is 5.73 Å². The van der Waals surface area contributed by atoms with E-state index in [1.54, 1.807) is 12.1 Å². The van der Waals surface area contributed by atoms with Gasteiger partial charge in [-0.3, -0.25) is 0 Å². The van der Waals surface area contributed by atoms with E-state index in [2.05, 4.69) is 15.9 Å². The molecule has 0 aliphatic rings. The molecule has 0 saturated heterocycles. The smallest absolute Gasteiger partial charge is 0.252 e. The molecule has 0 amide bonds. The van der Waals surface area contributed by atoms with Gasteiger partial charge in [-0.25, -0.2) is 8.42 Å². The molecule has 0 radical (unpaired) electrons. The van der Waals surface area contributed by atoms with E-state index < -0.39 is 10.0 Å². The molecule has 1 rings (SSSR count). The maximum Gasteiger partial charge on any atom is 0.252 e. The number of rotatable bonds is 4. The summed E-state index contributed by atoms with van der Waals surface area (Å²) in [4.78, 5) is 0. The quantitative estimate of drug-likeness (QED) is 0.905.